The predicted molar refractivity (Wildman–Crippen MR) is 71.3 cm³/mol. The van der Waals surface area contributed by atoms with Crippen molar-refractivity contribution in [3.05, 3.63) is 23.8 Å². The third-order valence-electron chi connectivity index (χ3n) is 3.07. The van der Waals surface area contributed by atoms with E-state index in [1.54, 1.807) is 0 Å². The second kappa shape index (κ2) is 6.33. The first kappa shape index (κ1) is 16.9. The maximum absolute atomic E-state index is 12.3. The lowest BCUT2D eigenvalue weighted by Gasteiger charge is -2.26. The highest BCUT2D eigenvalue weighted by Crippen LogP contribution is 2.34. The average molecular weight is 340 g/mol. The number of hydrogen-bond donors (Lipinski definition) is 0. The van der Waals surface area contributed by atoms with Crippen LogP contribution in [0.5, 0.6) is 11.5 Å². The van der Waals surface area contributed by atoms with Gasteiger partial charge in [0.25, 0.3) is 0 Å². The Morgan fingerprint density at radius 1 is 1.36 bits per heavy atom. The van der Waals surface area contributed by atoms with Gasteiger partial charge in [-0.1, -0.05) is 6.07 Å². The van der Waals surface area contributed by atoms with Crippen LogP contribution in [0.3, 0.4) is 0 Å². The molecule has 2 rings (SSSR count). The normalized spacial score (nSPS) is 18.5. The molecule has 0 N–H and O–H groups in total. The van der Waals surface area contributed by atoms with Crippen LogP contribution < -0.4 is 8.92 Å². The van der Waals surface area contributed by atoms with E-state index < -0.39 is 21.4 Å². The van der Waals surface area contributed by atoms with E-state index in [4.69, 9.17) is 9.47 Å². The average Bonchev–Trinajstić information content (AvgIpc) is 2.43. The van der Waals surface area contributed by atoms with Gasteiger partial charge in [0.2, 0.25) is 0 Å². The highest BCUT2D eigenvalue weighted by atomic mass is 32.2. The fraction of sp³-hybridized carbons (Fsp3) is 0.538. The molecule has 0 aromatic heterocycles. The first-order valence-corrected chi connectivity index (χ1v) is 8.02. The molecule has 1 unspecified atom stereocenters. The van der Waals surface area contributed by atoms with Crippen molar-refractivity contribution in [3.63, 3.8) is 0 Å². The molecule has 1 heterocycles. The van der Waals surface area contributed by atoms with Gasteiger partial charge in [0.15, 0.2) is 0 Å². The minimum Gasteiger partial charge on any atom is -0.488 e. The van der Waals surface area contributed by atoms with Gasteiger partial charge in [-0.2, -0.15) is 21.6 Å². The van der Waals surface area contributed by atoms with E-state index in [2.05, 4.69) is 4.18 Å². The standard InChI is InChI=1S/C13H15F3O5S/c1-2-19-8-11-6-4-9-3-5-10(7-12(9)20-11)21-22(17,18)13(14,15)16/h3,5,7,11H,2,4,6,8H2,1H3. The number of ether oxygens (including phenoxy) is 2. The second-order valence-corrected chi connectivity index (χ2v) is 6.23. The molecule has 22 heavy (non-hydrogen) atoms. The minimum absolute atomic E-state index is 0.220. The van der Waals surface area contributed by atoms with Gasteiger partial charge in [0.05, 0.1) is 6.61 Å². The molecule has 9 heteroatoms. The molecule has 1 aliphatic rings. The summed E-state index contributed by atoms with van der Waals surface area (Å²) < 4.78 is 73.8. The Morgan fingerprint density at radius 3 is 2.73 bits per heavy atom. The zero-order valence-corrected chi connectivity index (χ0v) is 12.5. The molecule has 5 nitrogen and oxygen atoms in total. The number of hydrogen-bond acceptors (Lipinski definition) is 5. The predicted octanol–water partition coefficient (Wildman–Crippen LogP) is 2.65. The Balaban J connectivity index is 2.15. The van der Waals surface area contributed by atoms with Crippen LogP contribution in [0.15, 0.2) is 18.2 Å². The number of benzene rings is 1. The number of rotatable bonds is 5. The molecule has 0 fully saturated rings. The summed E-state index contributed by atoms with van der Waals surface area (Å²) in [7, 11) is -5.69. The van der Waals surface area contributed by atoms with E-state index in [1.807, 2.05) is 6.92 Å². The van der Waals surface area contributed by atoms with Gasteiger partial charge >= 0.3 is 15.6 Å². The highest BCUT2D eigenvalue weighted by Gasteiger charge is 2.48. The van der Waals surface area contributed by atoms with E-state index in [-0.39, 0.29) is 6.10 Å². The summed E-state index contributed by atoms with van der Waals surface area (Å²) in [5.41, 5.74) is -4.69. The van der Waals surface area contributed by atoms with Crippen molar-refractivity contribution in [2.75, 3.05) is 13.2 Å². The molecular weight excluding hydrogens is 325 g/mol. The van der Waals surface area contributed by atoms with Crippen molar-refractivity contribution in [2.45, 2.75) is 31.4 Å². The Bertz CT molecular complexity index is 627. The molecular formula is C13H15F3O5S. The van der Waals surface area contributed by atoms with Gasteiger partial charge in [0, 0.05) is 12.7 Å². The van der Waals surface area contributed by atoms with E-state index in [0.29, 0.717) is 31.8 Å². The molecule has 0 spiro atoms. The summed E-state index contributed by atoms with van der Waals surface area (Å²) in [6.45, 7) is 2.73. The molecule has 0 aliphatic carbocycles. The SMILES string of the molecule is CCOCC1CCc2ccc(OS(=O)(=O)C(F)(F)F)cc2O1. The highest BCUT2D eigenvalue weighted by molar-refractivity contribution is 7.88. The van der Waals surface area contributed by atoms with Crippen LogP contribution >= 0.6 is 0 Å². The van der Waals surface area contributed by atoms with Crippen LogP contribution in [0.1, 0.15) is 18.9 Å². The first-order chi connectivity index (χ1) is 10.2. The fourth-order valence-corrected chi connectivity index (χ4v) is 2.45. The molecule has 124 valence electrons. The van der Waals surface area contributed by atoms with Gasteiger partial charge in [-0.05, 0) is 31.4 Å². The largest absolute Gasteiger partial charge is 0.534 e. The number of fused-ring (bicyclic) bond motifs is 1. The zero-order chi connectivity index (χ0) is 16.4. The zero-order valence-electron chi connectivity index (χ0n) is 11.7. The van der Waals surface area contributed by atoms with Crippen molar-refractivity contribution in [2.24, 2.45) is 0 Å². The molecule has 1 aromatic carbocycles. The van der Waals surface area contributed by atoms with Crippen LogP contribution in [0.4, 0.5) is 13.2 Å². The fourth-order valence-electron chi connectivity index (χ4n) is 2.00. The Hall–Kier alpha value is -1.48. The number of halogens is 3. The smallest absolute Gasteiger partial charge is 0.488 e. The van der Waals surface area contributed by atoms with Crippen LogP contribution in [0.25, 0.3) is 0 Å². The molecule has 0 bridgehead atoms. The van der Waals surface area contributed by atoms with Crippen molar-refractivity contribution in [1.82, 2.24) is 0 Å². The lowest BCUT2D eigenvalue weighted by atomic mass is 10.0. The van der Waals surface area contributed by atoms with Gasteiger partial charge in [-0.15, -0.1) is 0 Å². The van der Waals surface area contributed by atoms with Crippen molar-refractivity contribution >= 4 is 10.1 Å². The van der Waals surface area contributed by atoms with Crippen LogP contribution in [0.2, 0.25) is 0 Å². The second-order valence-electron chi connectivity index (χ2n) is 4.69. The van der Waals surface area contributed by atoms with E-state index >= 15 is 0 Å². The van der Waals surface area contributed by atoms with E-state index in [0.717, 1.165) is 11.6 Å². The summed E-state index contributed by atoms with van der Waals surface area (Å²) in [6, 6.07) is 3.82. The summed E-state index contributed by atoms with van der Waals surface area (Å²) >= 11 is 0. The lowest BCUT2D eigenvalue weighted by molar-refractivity contribution is -0.0500. The topological polar surface area (TPSA) is 61.8 Å². The molecule has 0 saturated heterocycles. The first-order valence-electron chi connectivity index (χ1n) is 6.61. The molecule has 1 atom stereocenters. The molecule has 1 aliphatic heterocycles. The third-order valence-corrected chi connectivity index (χ3v) is 4.04. The van der Waals surface area contributed by atoms with Crippen LogP contribution in [-0.2, 0) is 21.3 Å². The molecule has 0 saturated carbocycles. The lowest BCUT2D eigenvalue weighted by Crippen LogP contribution is -2.29. The summed E-state index contributed by atoms with van der Waals surface area (Å²) in [5.74, 6) is -0.126. The van der Waals surface area contributed by atoms with Gasteiger partial charge in [-0.25, -0.2) is 0 Å². The van der Waals surface area contributed by atoms with Crippen molar-refractivity contribution < 1.29 is 35.2 Å². The van der Waals surface area contributed by atoms with Crippen LogP contribution in [-0.4, -0.2) is 33.2 Å². The molecule has 1 aromatic rings. The molecule has 0 radical (unpaired) electrons. The quantitative estimate of drug-likeness (QED) is 0.609. The van der Waals surface area contributed by atoms with Gasteiger partial charge in [0.1, 0.15) is 17.6 Å². The van der Waals surface area contributed by atoms with Crippen LogP contribution in [0, 0.1) is 0 Å². The Kier molecular flexibility index (Phi) is 4.86. The summed E-state index contributed by atoms with van der Waals surface area (Å²) in [5, 5.41) is 0. The summed E-state index contributed by atoms with van der Waals surface area (Å²) in [4.78, 5) is 0. The van der Waals surface area contributed by atoms with E-state index in [1.165, 1.54) is 12.1 Å². The maximum Gasteiger partial charge on any atom is 0.534 e. The van der Waals surface area contributed by atoms with Gasteiger partial charge in [-0.3, -0.25) is 0 Å². The Morgan fingerprint density at radius 2 is 2.09 bits per heavy atom. The Labute approximate surface area is 126 Å². The monoisotopic (exact) mass is 340 g/mol. The number of aryl methyl sites for hydroxylation is 1. The minimum atomic E-state index is -5.69. The van der Waals surface area contributed by atoms with Gasteiger partial charge < -0.3 is 13.7 Å². The van der Waals surface area contributed by atoms with Crippen molar-refractivity contribution in [1.29, 1.82) is 0 Å². The van der Waals surface area contributed by atoms with E-state index in [9.17, 15) is 21.6 Å². The summed E-state index contributed by atoms with van der Waals surface area (Å²) in [6.07, 6.45) is 1.16. The number of alkyl halides is 3. The molecule has 0 amide bonds. The maximum atomic E-state index is 12.3. The van der Waals surface area contributed by atoms with Crippen molar-refractivity contribution in [3.8, 4) is 11.5 Å². The third kappa shape index (κ3) is 3.83.